The van der Waals surface area contributed by atoms with Crippen molar-refractivity contribution >= 4 is 18.2 Å². The van der Waals surface area contributed by atoms with Crippen molar-refractivity contribution in [1.82, 2.24) is 4.90 Å². The second-order valence-corrected chi connectivity index (χ2v) is 10.6. The largest absolute Gasteiger partial charge is 0.507 e. The molecule has 0 aromatic heterocycles. The molecule has 4 heteroatoms. The van der Waals surface area contributed by atoms with Gasteiger partial charge in [0.05, 0.1) is 0 Å². The summed E-state index contributed by atoms with van der Waals surface area (Å²) in [5.41, 5.74) is 2.09. The van der Waals surface area contributed by atoms with E-state index in [1.54, 1.807) is 0 Å². The minimum absolute atomic E-state index is 0. The first kappa shape index (κ1) is 26.0. The molecule has 0 saturated carbocycles. The third-order valence-electron chi connectivity index (χ3n) is 5.87. The van der Waals surface area contributed by atoms with Crippen molar-refractivity contribution in [2.24, 2.45) is 0 Å². The Morgan fingerprint density at radius 1 is 0.897 bits per heavy atom. The minimum Gasteiger partial charge on any atom is -0.507 e. The van der Waals surface area contributed by atoms with Crippen LogP contribution in [0.4, 0.5) is 0 Å². The summed E-state index contributed by atoms with van der Waals surface area (Å²) in [6.07, 6.45) is 7.89. The van der Waals surface area contributed by atoms with E-state index in [-0.39, 0.29) is 29.0 Å². The number of phenols is 1. The second kappa shape index (κ2) is 10.8. The van der Waals surface area contributed by atoms with Gasteiger partial charge in [0.15, 0.2) is 5.78 Å². The maximum Gasteiger partial charge on any atom is 0.162 e. The average molecular weight is 424 g/mol. The zero-order valence-corrected chi connectivity index (χ0v) is 20.3. The van der Waals surface area contributed by atoms with Gasteiger partial charge in [-0.25, -0.2) is 0 Å². The maximum atomic E-state index is 12.9. The molecule has 0 aliphatic carbocycles. The molecule has 1 heterocycles. The van der Waals surface area contributed by atoms with E-state index < -0.39 is 0 Å². The number of ketones is 1. The van der Waals surface area contributed by atoms with E-state index >= 15 is 0 Å². The number of halogens is 1. The van der Waals surface area contributed by atoms with E-state index in [2.05, 4.69) is 46.4 Å². The summed E-state index contributed by atoms with van der Waals surface area (Å²) in [7, 11) is 0. The van der Waals surface area contributed by atoms with Gasteiger partial charge >= 0.3 is 0 Å². The molecular weight excluding hydrogens is 382 g/mol. The number of carbonyl (C=O) groups excluding carboxylic acids is 1. The molecule has 0 bridgehead atoms. The van der Waals surface area contributed by atoms with Crippen LogP contribution < -0.4 is 0 Å². The van der Waals surface area contributed by atoms with Crippen LogP contribution in [-0.2, 0) is 10.8 Å². The third kappa shape index (κ3) is 7.61. The Hall–Kier alpha value is -1.06. The van der Waals surface area contributed by atoms with Gasteiger partial charge in [0.25, 0.3) is 0 Å². The van der Waals surface area contributed by atoms with E-state index in [4.69, 9.17) is 0 Å². The summed E-state index contributed by atoms with van der Waals surface area (Å²) < 4.78 is 0. The monoisotopic (exact) mass is 423 g/mol. The van der Waals surface area contributed by atoms with Gasteiger partial charge in [0.2, 0.25) is 0 Å². The summed E-state index contributed by atoms with van der Waals surface area (Å²) in [4.78, 5) is 15.5. The van der Waals surface area contributed by atoms with Crippen LogP contribution in [0.5, 0.6) is 5.75 Å². The van der Waals surface area contributed by atoms with Gasteiger partial charge in [-0.05, 0) is 68.3 Å². The van der Waals surface area contributed by atoms with E-state index in [1.807, 2.05) is 12.1 Å². The van der Waals surface area contributed by atoms with E-state index in [9.17, 15) is 9.90 Å². The summed E-state index contributed by atoms with van der Waals surface area (Å²) in [5, 5.41) is 10.8. The molecule has 1 saturated heterocycles. The molecule has 3 nitrogen and oxygen atoms in total. The van der Waals surface area contributed by atoms with Gasteiger partial charge in [-0.3, -0.25) is 4.79 Å². The third-order valence-corrected chi connectivity index (χ3v) is 5.87. The van der Waals surface area contributed by atoms with Gasteiger partial charge in [-0.2, -0.15) is 0 Å². The van der Waals surface area contributed by atoms with Crippen molar-refractivity contribution in [3.05, 3.63) is 28.8 Å². The van der Waals surface area contributed by atoms with Crippen molar-refractivity contribution < 1.29 is 9.90 Å². The topological polar surface area (TPSA) is 40.5 Å². The lowest BCUT2D eigenvalue weighted by Crippen LogP contribution is -2.30. The highest BCUT2D eigenvalue weighted by atomic mass is 35.5. The fraction of sp³-hybridized carbons (Fsp3) is 0.720. The quantitative estimate of drug-likeness (QED) is 0.394. The maximum absolute atomic E-state index is 12.9. The number of carbonyl (C=O) groups is 1. The normalized spacial score (nSPS) is 15.8. The highest BCUT2D eigenvalue weighted by molar-refractivity contribution is 5.96. The molecule has 0 amide bonds. The van der Waals surface area contributed by atoms with Crippen LogP contribution in [0.25, 0.3) is 0 Å². The Labute approximate surface area is 184 Å². The smallest absolute Gasteiger partial charge is 0.162 e. The molecule has 2 rings (SSSR count). The molecule has 0 radical (unpaired) electrons. The van der Waals surface area contributed by atoms with E-state index in [0.717, 1.165) is 29.5 Å². The summed E-state index contributed by atoms with van der Waals surface area (Å²) in [6.45, 7) is 16.2. The zero-order chi connectivity index (χ0) is 20.9. The number of aromatic hydroxyl groups is 1. The molecule has 1 aliphatic rings. The molecule has 1 aromatic rings. The fourth-order valence-corrected chi connectivity index (χ4v) is 4.06. The lowest BCUT2D eigenvalue weighted by atomic mass is 9.78. The molecule has 166 valence electrons. The Morgan fingerprint density at radius 2 is 1.41 bits per heavy atom. The number of likely N-dealkylation sites (tertiary alicyclic amines) is 1. The van der Waals surface area contributed by atoms with Crippen molar-refractivity contribution in [1.29, 1.82) is 0 Å². The van der Waals surface area contributed by atoms with Crippen LogP contribution >= 0.6 is 12.4 Å². The first-order valence-electron chi connectivity index (χ1n) is 11.1. The molecule has 1 aliphatic heterocycles. The number of nitrogens with zero attached hydrogens (tertiary/aromatic N) is 1. The number of Topliss-reactive ketones (excluding diaryl/α,β-unsaturated/α-hetero) is 1. The van der Waals surface area contributed by atoms with Gasteiger partial charge in [0, 0.05) is 23.1 Å². The Kier molecular flexibility index (Phi) is 9.69. The zero-order valence-electron chi connectivity index (χ0n) is 19.4. The lowest BCUT2D eigenvalue weighted by molar-refractivity contribution is 0.0978. The van der Waals surface area contributed by atoms with Crippen molar-refractivity contribution in [3.8, 4) is 5.75 Å². The number of benzene rings is 1. The number of unbranched alkanes of at least 4 members (excludes halogenated alkanes) is 2. The van der Waals surface area contributed by atoms with Crippen LogP contribution in [0.3, 0.4) is 0 Å². The molecule has 29 heavy (non-hydrogen) atoms. The van der Waals surface area contributed by atoms with Gasteiger partial charge in [-0.15, -0.1) is 12.4 Å². The van der Waals surface area contributed by atoms with E-state index in [1.165, 1.54) is 45.3 Å². The fourth-order valence-electron chi connectivity index (χ4n) is 4.06. The highest BCUT2D eigenvalue weighted by Gasteiger charge is 2.27. The van der Waals surface area contributed by atoms with Gasteiger partial charge < -0.3 is 10.0 Å². The van der Waals surface area contributed by atoms with Crippen LogP contribution in [0.2, 0.25) is 0 Å². The molecule has 0 spiro atoms. The minimum atomic E-state index is -0.200. The molecule has 1 N–H and O–H groups in total. The first-order chi connectivity index (χ1) is 13.0. The highest BCUT2D eigenvalue weighted by Crippen LogP contribution is 2.40. The summed E-state index contributed by atoms with van der Waals surface area (Å²) >= 11 is 0. The SMILES string of the molecule is CC(C)(C)c1cc(C(=O)CCCCCN2CCCCC2)cc(C(C)(C)C)c1O.Cl. The van der Waals surface area contributed by atoms with Crippen LogP contribution in [0.1, 0.15) is 108 Å². The predicted molar refractivity (Wildman–Crippen MR) is 126 cm³/mol. The first-order valence-corrected chi connectivity index (χ1v) is 11.1. The van der Waals surface area contributed by atoms with Crippen molar-refractivity contribution in [3.63, 3.8) is 0 Å². The molecule has 1 fully saturated rings. The molecule has 1 aromatic carbocycles. The summed E-state index contributed by atoms with van der Waals surface area (Å²) in [5.74, 6) is 0.548. The van der Waals surface area contributed by atoms with Crippen molar-refractivity contribution in [2.45, 2.75) is 97.3 Å². The number of hydrogen-bond acceptors (Lipinski definition) is 3. The average Bonchev–Trinajstić information content (AvgIpc) is 2.60. The summed E-state index contributed by atoms with van der Waals surface area (Å²) in [6, 6.07) is 3.83. The van der Waals surface area contributed by atoms with Crippen LogP contribution in [0.15, 0.2) is 12.1 Å². The molecule has 0 atom stereocenters. The molecule has 0 unspecified atom stereocenters. The number of phenolic OH excluding ortho intramolecular Hbond substituents is 1. The van der Waals surface area contributed by atoms with Crippen LogP contribution in [0, 0.1) is 0 Å². The van der Waals surface area contributed by atoms with E-state index in [0.29, 0.717) is 12.2 Å². The predicted octanol–water partition coefficient (Wildman–Crippen LogP) is 6.64. The number of piperidine rings is 1. The number of hydrogen-bond donors (Lipinski definition) is 1. The lowest BCUT2D eigenvalue weighted by Gasteiger charge is -2.28. The Balaban J connectivity index is 0.00000420. The standard InChI is InChI=1S/C25H41NO2.ClH/c1-24(2,3)20-17-19(18-21(23(20)28)25(4,5)6)22(27)13-9-7-10-14-26-15-11-8-12-16-26;/h17-18,28H,7-16H2,1-6H3;1H. The molecular formula is C25H42ClNO2. The number of rotatable bonds is 7. The van der Waals surface area contributed by atoms with Gasteiger partial charge in [-0.1, -0.05) is 54.4 Å². The Bertz CT molecular complexity index is 629. The van der Waals surface area contributed by atoms with Crippen LogP contribution in [-0.4, -0.2) is 35.4 Å². The van der Waals surface area contributed by atoms with Gasteiger partial charge in [0.1, 0.15) is 5.75 Å². The Morgan fingerprint density at radius 3 is 1.90 bits per heavy atom. The second-order valence-electron chi connectivity index (χ2n) is 10.6. The van der Waals surface area contributed by atoms with Crippen molar-refractivity contribution in [2.75, 3.05) is 19.6 Å².